The average Bonchev–Trinajstić information content (AvgIpc) is 3.13. The molecule has 2 aliphatic carbocycles. The van der Waals surface area contributed by atoms with Crippen molar-refractivity contribution < 1.29 is 48.2 Å². The molecule has 0 amide bonds. The summed E-state index contributed by atoms with van der Waals surface area (Å²) in [5.41, 5.74) is 1.13. The van der Waals surface area contributed by atoms with Gasteiger partial charge in [0.2, 0.25) is 0 Å². The smallest absolute Gasteiger partial charge is 0.174 e. The summed E-state index contributed by atoms with van der Waals surface area (Å²) < 4.78 is 6.75. The van der Waals surface area contributed by atoms with E-state index >= 15 is 0 Å². The van der Waals surface area contributed by atoms with Gasteiger partial charge in [-0.25, -0.2) is 0 Å². The zero-order chi connectivity index (χ0) is 21.4. The summed E-state index contributed by atoms with van der Waals surface area (Å²) in [4.78, 5) is 12.9. The van der Waals surface area contributed by atoms with Crippen molar-refractivity contribution in [3.8, 4) is 23.3 Å². The van der Waals surface area contributed by atoms with E-state index in [1.54, 1.807) is 6.07 Å². The number of likely N-dealkylation sites (N-methyl/N-ethyl adjacent to an activating group) is 1. The van der Waals surface area contributed by atoms with Crippen LogP contribution in [0.4, 0.5) is 0 Å². The lowest BCUT2D eigenvalue weighted by Crippen LogP contribution is -3.00. The lowest BCUT2D eigenvalue weighted by Gasteiger charge is -2.63. The van der Waals surface area contributed by atoms with Crippen LogP contribution in [0.3, 0.4) is 0 Å². The fourth-order valence-electron chi connectivity index (χ4n) is 6.86. The number of Topliss-reactive ketones (excluding diaryl/α,β-unsaturated/α-hetero) is 1. The van der Waals surface area contributed by atoms with Crippen LogP contribution in [-0.4, -0.2) is 58.4 Å². The number of halogens is 1. The number of aliphatic hydroxyl groups is 1. The normalized spacial score (nSPS) is 35.6. The van der Waals surface area contributed by atoms with Crippen molar-refractivity contribution in [2.75, 3.05) is 20.1 Å². The first kappa shape index (κ1) is 21.7. The summed E-state index contributed by atoms with van der Waals surface area (Å²) in [5.74, 6) is 7.14. The molecule has 5 atom stereocenters. The number of ether oxygens (including phenoxy) is 1. The second-order valence-corrected chi connectivity index (χ2v) is 9.81. The van der Waals surface area contributed by atoms with Gasteiger partial charge in [-0.05, 0) is 36.1 Å². The second-order valence-electron chi connectivity index (χ2n) is 9.81. The van der Waals surface area contributed by atoms with Crippen LogP contribution in [-0.2, 0) is 16.6 Å². The third-order valence-electron chi connectivity index (χ3n) is 8.35. The number of ketones is 1. The summed E-state index contributed by atoms with van der Waals surface area (Å²) in [7, 11) is 2.18. The van der Waals surface area contributed by atoms with Gasteiger partial charge in [-0.3, -0.25) is 4.79 Å². The van der Waals surface area contributed by atoms with E-state index in [1.165, 1.54) is 0 Å². The number of hydrogen-bond donors (Lipinski definition) is 2. The quantitative estimate of drug-likeness (QED) is 0.284. The Balaban J connectivity index is 0.00000216. The Bertz CT molecular complexity index is 1170. The van der Waals surface area contributed by atoms with Gasteiger partial charge >= 0.3 is 0 Å². The number of benzene rings is 2. The maximum Gasteiger partial charge on any atom is 0.174 e. The zero-order valence-electron chi connectivity index (χ0n) is 18.0. The number of carbonyl (C=O) groups is 1. The third-order valence-corrected chi connectivity index (χ3v) is 8.35. The molecule has 32 heavy (non-hydrogen) atoms. The number of likely N-dealkylation sites (tertiary alicyclic amines) is 1. The number of piperidine rings is 1. The van der Waals surface area contributed by atoms with E-state index in [4.69, 9.17) is 4.74 Å². The maximum atomic E-state index is 12.9. The van der Waals surface area contributed by atoms with Crippen LogP contribution < -0.4 is 28.7 Å². The Morgan fingerprint density at radius 3 is 2.75 bits per heavy atom. The van der Waals surface area contributed by atoms with Gasteiger partial charge in [0.25, 0.3) is 0 Å². The number of hydrogen-bond acceptors (Lipinski definition) is 4. The molecule has 6 rings (SSSR count). The summed E-state index contributed by atoms with van der Waals surface area (Å²) in [5, 5.41) is 22.8. The monoisotopic (exact) mass is 543 g/mol. The van der Waals surface area contributed by atoms with Crippen molar-refractivity contribution in [3.05, 3.63) is 59.2 Å². The predicted octanol–water partition coefficient (Wildman–Crippen LogP) is -0.684. The summed E-state index contributed by atoms with van der Waals surface area (Å²) >= 11 is 0. The van der Waals surface area contributed by atoms with Crippen LogP contribution in [0.25, 0.3) is 0 Å². The number of quaternary nitrogens is 1. The molecule has 4 aliphatic rings. The molecule has 0 radical (unpaired) electrons. The van der Waals surface area contributed by atoms with E-state index in [-0.39, 0.29) is 41.6 Å². The predicted molar refractivity (Wildman–Crippen MR) is 115 cm³/mol. The van der Waals surface area contributed by atoms with Crippen LogP contribution in [0, 0.1) is 11.8 Å². The van der Waals surface area contributed by atoms with Crippen LogP contribution in [0.5, 0.6) is 11.5 Å². The number of aromatic hydroxyl groups is 1. The Hall–Kier alpha value is -2.08. The van der Waals surface area contributed by atoms with Crippen molar-refractivity contribution >= 4 is 5.78 Å². The highest BCUT2D eigenvalue weighted by molar-refractivity contribution is 5.90. The highest BCUT2D eigenvalue weighted by atomic mass is 127. The minimum atomic E-state index is -1.06. The molecule has 2 bridgehead atoms. The Morgan fingerprint density at radius 2 is 1.97 bits per heavy atom. The number of phenols is 1. The highest BCUT2D eigenvalue weighted by Crippen LogP contribution is 2.65. The first-order valence-corrected chi connectivity index (χ1v) is 11.0. The van der Waals surface area contributed by atoms with Crippen LogP contribution in [0.1, 0.15) is 36.0 Å². The van der Waals surface area contributed by atoms with Crippen LogP contribution >= 0.6 is 0 Å². The first-order valence-electron chi connectivity index (χ1n) is 11.0. The molecule has 2 aliphatic heterocycles. The molecule has 2 fully saturated rings. The molecule has 1 spiro atoms. The van der Waals surface area contributed by atoms with Gasteiger partial charge in [0.05, 0.1) is 19.0 Å². The third kappa shape index (κ3) is 2.62. The Morgan fingerprint density at radius 1 is 1.19 bits per heavy atom. The Kier molecular flexibility index (Phi) is 4.90. The molecule has 1 saturated carbocycles. The van der Waals surface area contributed by atoms with Crippen molar-refractivity contribution in [2.45, 2.75) is 48.8 Å². The topological polar surface area (TPSA) is 66.8 Å². The molecule has 2 aromatic carbocycles. The minimum absolute atomic E-state index is 0. The lowest BCUT2D eigenvalue weighted by atomic mass is 9.48. The van der Waals surface area contributed by atoms with Crippen LogP contribution in [0.15, 0.2) is 42.5 Å². The van der Waals surface area contributed by atoms with Gasteiger partial charge < -0.3 is 43.4 Å². The van der Waals surface area contributed by atoms with E-state index < -0.39 is 17.1 Å². The van der Waals surface area contributed by atoms with E-state index in [1.807, 2.05) is 36.4 Å². The largest absolute Gasteiger partial charge is 1.00 e. The van der Waals surface area contributed by atoms with Gasteiger partial charge in [0, 0.05) is 30.4 Å². The standard InChI is InChI=1S/C26H25NO4.HI/c1-27(14-5-8-17-6-3-2-4-7-17)15-13-25-22-18-9-10-19(28)23(22)31-24(25)20(29)11-12-26(25,30)21(27)16-18;/h2-4,6-7,9-10,21,24,30H,11-16H2,1H3;1H/t21?,24?,25?,26-,27-;/m1./s1. The molecule has 2 N–H and O–H groups in total. The number of nitrogens with zero attached hydrogens (tertiary/aromatic N) is 1. The molecule has 3 unspecified atom stereocenters. The molecule has 166 valence electrons. The molecule has 2 heterocycles. The molecule has 2 aromatic rings. The van der Waals surface area contributed by atoms with Crippen molar-refractivity contribution in [1.29, 1.82) is 0 Å². The van der Waals surface area contributed by atoms with Gasteiger partial charge in [-0.2, -0.15) is 0 Å². The van der Waals surface area contributed by atoms with Gasteiger partial charge in [0.15, 0.2) is 23.4 Å². The Labute approximate surface area is 205 Å². The highest BCUT2D eigenvalue weighted by Gasteiger charge is 2.76. The molecular formula is C26H26INO4. The molecule has 1 saturated heterocycles. The van der Waals surface area contributed by atoms with Crippen molar-refractivity contribution in [3.63, 3.8) is 0 Å². The first-order chi connectivity index (χ1) is 14.9. The molecule has 5 nitrogen and oxygen atoms in total. The number of rotatable bonds is 1. The van der Waals surface area contributed by atoms with Crippen LogP contribution in [0.2, 0.25) is 0 Å². The second kappa shape index (κ2) is 7.21. The average molecular weight is 543 g/mol. The SMILES string of the molecule is C[N@@+]1(CC#Cc2ccccc2)CCC23c4c5ccc(O)c4OC2C(=O)CC[C@@]3(O)C1C5.[I-]. The zero-order valence-corrected chi connectivity index (χ0v) is 20.1. The fourth-order valence-corrected chi connectivity index (χ4v) is 6.86. The number of phenolic OH excluding ortho intramolecular Hbond substituents is 1. The van der Waals surface area contributed by atoms with E-state index in [9.17, 15) is 15.0 Å². The van der Waals surface area contributed by atoms with Gasteiger partial charge in [-0.15, -0.1) is 0 Å². The molecular weight excluding hydrogens is 517 g/mol. The molecule has 6 heteroatoms. The fraction of sp³-hybridized carbons (Fsp3) is 0.423. The van der Waals surface area contributed by atoms with Gasteiger partial charge in [0.1, 0.15) is 18.2 Å². The van der Waals surface area contributed by atoms with E-state index in [2.05, 4.69) is 18.9 Å². The van der Waals surface area contributed by atoms with Gasteiger partial charge in [-0.1, -0.05) is 30.2 Å². The lowest BCUT2D eigenvalue weighted by molar-refractivity contribution is -0.942. The number of carbonyl (C=O) groups excluding carboxylic acids is 1. The maximum absolute atomic E-state index is 12.9. The molecule has 0 aromatic heterocycles. The summed E-state index contributed by atoms with van der Waals surface area (Å²) in [6.07, 6.45) is 1.36. The van der Waals surface area contributed by atoms with Crippen molar-refractivity contribution in [2.24, 2.45) is 0 Å². The summed E-state index contributed by atoms with van der Waals surface area (Å²) in [6.45, 7) is 1.44. The minimum Gasteiger partial charge on any atom is -1.00 e. The van der Waals surface area contributed by atoms with E-state index in [0.717, 1.165) is 23.2 Å². The van der Waals surface area contributed by atoms with E-state index in [0.29, 0.717) is 42.5 Å². The summed E-state index contributed by atoms with van der Waals surface area (Å²) in [6, 6.07) is 13.5. The van der Waals surface area contributed by atoms with Crippen molar-refractivity contribution in [1.82, 2.24) is 0 Å².